The Balaban J connectivity index is 3.02. The van der Waals surface area contributed by atoms with E-state index >= 15 is 0 Å². The minimum absolute atomic E-state index is 0.199. The van der Waals surface area contributed by atoms with E-state index in [0.717, 1.165) is 0 Å². The summed E-state index contributed by atoms with van der Waals surface area (Å²) in [4.78, 5) is 0. The van der Waals surface area contributed by atoms with Crippen LogP contribution in [-0.4, -0.2) is 18.2 Å². The molecule has 6 nitrogen and oxygen atoms in total. The van der Waals surface area contributed by atoms with Crippen LogP contribution in [0.25, 0.3) is 0 Å². The summed E-state index contributed by atoms with van der Waals surface area (Å²) in [5.74, 6) is -3.16. The molecular weight excluding hydrogens is 256 g/mol. The fourth-order valence-electron chi connectivity index (χ4n) is 1.15. The summed E-state index contributed by atoms with van der Waals surface area (Å²) in [6, 6.07) is 3.95. The Morgan fingerprint density at radius 3 is 2.74 bits per heavy atom. The van der Waals surface area contributed by atoms with Gasteiger partial charge >= 0.3 is 0 Å². The molecule has 0 aliphatic carbocycles. The van der Waals surface area contributed by atoms with E-state index in [-0.39, 0.29) is 18.0 Å². The van der Waals surface area contributed by atoms with Crippen LogP contribution in [-0.2, 0) is 0 Å². The maximum absolute atomic E-state index is 13.6. The van der Waals surface area contributed by atoms with Crippen LogP contribution in [0.2, 0.25) is 0 Å². The lowest BCUT2D eigenvalue weighted by atomic mass is 10.3. The number of anilines is 1. The zero-order valence-corrected chi connectivity index (χ0v) is 10.00. The highest BCUT2D eigenvalue weighted by atomic mass is 19.2. The molecule has 0 bridgehead atoms. The van der Waals surface area contributed by atoms with Crippen molar-refractivity contribution in [2.75, 3.05) is 12.0 Å². The highest BCUT2D eigenvalue weighted by molar-refractivity contribution is 6.45. The number of nitrogens with one attached hydrogen (secondary N) is 2. The van der Waals surface area contributed by atoms with E-state index in [0.29, 0.717) is 0 Å². The molecule has 8 heteroatoms. The van der Waals surface area contributed by atoms with Gasteiger partial charge < -0.3 is 10.5 Å². The van der Waals surface area contributed by atoms with E-state index in [2.05, 4.69) is 10.5 Å². The molecule has 0 heterocycles. The van der Waals surface area contributed by atoms with Gasteiger partial charge in [0.05, 0.1) is 12.3 Å². The fourth-order valence-corrected chi connectivity index (χ4v) is 1.15. The molecule has 0 saturated heterocycles. The van der Waals surface area contributed by atoms with Crippen molar-refractivity contribution in [3.05, 3.63) is 23.8 Å². The SMILES string of the molecule is CCOc1ccc(N/N=C(\C#N)C(=N)N)c(F)c1F. The van der Waals surface area contributed by atoms with E-state index < -0.39 is 23.2 Å². The summed E-state index contributed by atoms with van der Waals surface area (Å²) < 4.78 is 32.0. The third kappa shape index (κ3) is 3.38. The smallest absolute Gasteiger partial charge is 0.202 e. The van der Waals surface area contributed by atoms with Gasteiger partial charge in [-0.25, -0.2) is 4.39 Å². The summed E-state index contributed by atoms with van der Waals surface area (Å²) in [6.45, 7) is 1.84. The number of halogens is 2. The third-order valence-electron chi connectivity index (χ3n) is 2.00. The van der Waals surface area contributed by atoms with Crippen LogP contribution >= 0.6 is 0 Å². The number of benzene rings is 1. The summed E-state index contributed by atoms with van der Waals surface area (Å²) >= 11 is 0. The van der Waals surface area contributed by atoms with Gasteiger partial charge in [0, 0.05) is 0 Å². The second kappa shape index (κ2) is 6.30. The van der Waals surface area contributed by atoms with E-state index in [1.165, 1.54) is 18.2 Å². The average Bonchev–Trinajstić information content (AvgIpc) is 2.38. The number of nitrogens with zero attached hydrogens (tertiary/aromatic N) is 2. The van der Waals surface area contributed by atoms with Crippen molar-refractivity contribution in [2.24, 2.45) is 10.8 Å². The van der Waals surface area contributed by atoms with Crippen LogP contribution in [0.15, 0.2) is 17.2 Å². The second-order valence-electron chi connectivity index (χ2n) is 3.27. The first-order chi connectivity index (χ1) is 9.01. The first-order valence-electron chi connectivity index (χ1n) is 5.20. The minimum atomic E-state index is -1.20. The molecule has 0 aromatic heterocycles. The van der Waals surface area contributed by atoms with E-state index in [1.54, 1.807) is 6.92 Å². The number of hydrazone groups is 1. The molecule has 1 aromatic carbocycles. The van der Waals surface area contributed by atoms with Crippen molar-refractivity contribution in [3.63, 3.8) is 0 Å². The Labute approximate surface area is 108 Å². The van der Waals surface area contributed by atoms with Crippen LogP contribution in [0, 0.1) is 28.4 Å². The predicted octanol–water partition coefficient (Wildman–Crippen LogP) is 1.59. The van der Waals surface area contributed by atoms with Crippen LogP contribution in [0.1, 0.15) is 6.92 Å². The normalized spacial score (nSPS) is 10.7. The molecule has 1 rings (SSSR count). The fraction of sp³-hybridized carbons (Fsp3) is 0.182. The first-order valence-corrected chi connectivity index (χ1v) is 5.20. The lowest BCUT2D eigenvalue weighted by Gasteiger charge is -2.08. The predicted molar refractivity (Wildman–Crippen MR) is 66.1 cm³/mol. The molecule has 0 aliphatic rings. The topological polar surface area (TPSA) is 107 Å². The van der Waals surface area contributed by atoms with Crippen molar-refractivity contribution in [3.8, 4) is 11.8 Å². The van der Waals surface area contributed by atoms with Gasteiger partial charge in [0.2, 0.25) is 11.5 Å². The van der Waals surface area contributed by atoms with Gasteiger partial charge in [-0.05, 0) is 19.1 Å². The molecule has 0 aliphatic heterocycles. The van der Waals surface area contributed by atoms with Crippen molar-refractivity contribution in [1.82, 2.24) is 0 Å². The van der Waals surface area contributed by atoms with Crippen molar-refractivity contribution in [2.45, 2.75) is 6.92 Å². The largest absolute Gasteiger partial charge is 0.491 e. The molecule has 0 atom stereocenters. The van der Waals surface area contributed by atoms with E-state index in [9.17, 15) is 8.78 Å². The van der Waals surface area contributed by atoms with Gasteiger partial charge in [-0.3, -0.25) is 10.8 Å². The van der Waals surface area contributed by atoms with Gasteiger partial charge in [0.25, 0.3) is 0 Å². The lowest BCUT2D eigenvalue weighted by molar-refractivity contribution is 0.314. The number of ether oxygens (including phenoxy) is 1. The summed E-state index contributed by atoms with van der Waals surface area (Å²) in [6.07, 6.45) is 0. The number of hydrogen-bond acceptors (Lipinski definition) is 5. The monoisotopic (exact) mass is 267 g/mol. The highest BCUT2D eigenvalue weighted by Gasteiger charge is 2.14. The van der Waals surface area contributed by atoms with E-state index in [1.807, 2.05) is 0 Å². The maximum atomic E-state index is 13.6. The van der Waals surface area contributed by atoms with Crippen molar-refractivity contribution >= 4 is 17.2 Å². The molecule has 1 aromatic rings. The summed E-state index contributed by atoms with van der Waals surface area (Å²) in [5, 5.41) is 19.0. The van der Waals surface area contributed by atoms with Crippen molar-refractivity contribution in [1.29, 1.82) is 10.7 Å². The highest BCUT2D eigenvalue weighted by Crippen LogP contribution is 2.25. The standard InChI is InChI=1S/C11H11F2N5O/c1-2-19-8-4-3-6(9(12)10(8)13)17-18-7(5-14)11(15)16/h3-4,17H,2H2,1H3,(H3,15,16)/b18-7+. The van der Waals surface area contributed by atoms with Gasteiger partial charge in [-0.1, -0.05) is 0 Å². The number of hydrogen-bond donors (Lipinski definition) is 3. The number of nitrogens with two attached hydrogens (primary N) is 1. The van der Waals surface area contributed by atoms with Crippen LogP contribution in [0.5, 0.6) is 5.75 Å². The zero-order valence-electron chi connectivity index (χ0n) is 10.00. The third-order valence-corrected chi connectivity index (χ3v) is 2.00. The Kier molecular flexibility index (Phi) is 4.76. The van der Waals surface area contributed by atoms with Crippen LogP contribution in [0.3, 0.4) is 0 Å². The molecule has 0 spiro atoms. The second-order valence-corrected chi connectivity index (χ2v) is 3.27. The molecule has 0 saturated carbocycles. The summed E-state index contributed by atoms with van der Waals surface area (Å²) in [7, 11) is 0. The van der Waals surface area contributed by atoms with Crippen molar-refractivity contribution < 1.29 is 13.5 Å². The number of amidine groups is 1. The molecule has 0 amide bonds. The molecule has 19 heavy (non-hydrogen) atoms. The first kappa shape index (κ1) is 14.4. The number of nitriles is 1. The quantitative estimate of drug-likeness (QED) is 0.427. The Hall–Kier alpha value is -2.69. The maximum Gasteiger partial charge on any atom is 0.202 e. The molecular formula is C11H11F2N5O. The Morgan fingerprint density at radius 2 is 2.21 bits per heavy atom. The number of rotatable bonds is 5. The van der Waals surface area contributed by atoms with Gasteiger partial charge in [0.1, 0.15) is 6.07 Å². The molecule has 100 valence electrons. The lowest BCUT2D eigenvalue weighted by Crippen LogP contribution is -2.22. The molecule has 0 radical (unpaired) electrons. The minimum Gasteiger partial charge on any atom is -0.491 e. The van der Waals surface area contributed by atoms with Crippen LogP contribution in [0.4, 0.5) is 14.5 Å². The molecule has 4 N–H and O–H groups in total. The molecule has 0 unspecified atom stereocenters. The van der Waals surface area contributed by atoms with E-state index in [4.69, 9.17) is 21.1 Å². The summed E-state index contributed by atoms with van der Waals surface area (Å²) in [5.41, 5.74) is 6.44. The Bertz CT molecular complexity index is 565. The average molecular weight is 267 g/mol. The van der Waals surface area contributed by atoms with Crippen LogP contribution < -0.4 is 15.9 Å². The zero-order chi connectivity index (χ0) is 14.4. The van der Waals surface area contributed by atoms with Gasteiger partial charge in [0.15, 0.2) is 17.4 Å². The van der Waals surface area contributed by atoms with Gasteiger partial charge in [-0.2, -0.15) is 14.8 Å². The molecule has 0 fully saturated rings. The van der Waals surface area contributed by atoms with Gasteiger partial charge in [-0.15, -0.1) is 0 Å². The Morgan fingerprint density at radius 1 is 1.53 bits per heavy atom.